The Balaban J connectivity index is 2.00. The molecular weight excluding hydrogens is 360 g/mol. The number of benzene rings is 2. The van der Waals surface area contributed by atoms with E-state index in [0.717, 1.165) is 17.2 Å². The number of halogens is 3. The van der Waals surface area contributed by atoms with Crippen LogP contribution in [0.5, 0.6) is 0 Å². The van der Waals surface area contributed by atoms with Crippen molar-refractivity contribution in [2.45, 2.75) is 24.8 Å². The van der Waals surface area contributed by atoms with Gasteiger partial charge in [0, 0.05) is 10.6 Å². The minimum absolute atomic E-state index is 0.0328. The summed E-state index contributed by atoms with van der Waals surface area (Å²) in [7, 11) is -4.15. The van der Waals surface area contributed by atoms with Gasteiger partial charge in [-0.3, -0.25) is 4.72 Å². The van der Waals surface area contributed by atoms with Crippen molar-refractivity contribution >= 4 is 27.3 Å². The summed E-state index contributed by atoms with van der Waals surface area (Å²) in [6, 6.07) is 5.42. The predicted octanol–water partition coefficient (Wildman–Crippen LogP) is 3.80. The molecule has 0 bridgehead atoms. The van der Waals surface area contributed by atoms with E-state index in [1.165, 1.54) is 19.1 Å². The number of ether oxygens (including phenoxy) is 1. The molecule has 1 aliphatic rings. The maximum atomic E-state index is 14.2. The van der Waals surface area contributed by atoms with Crippen LogP contribution >= 0.6 is 11.6 Å². The Hall–Kier alpha value is -1.70. The molecule has 0 aliphatic carbocycles. The van der Waals surface area contributed by atoms with Crippen molar-refractivity contribution in [3.05, 3.63) is 57.6 Å². The van der Waals surface area contributed by atoms with E-state index in [2.05, 4.69) is 0 Å². The summed E-state index contributed by atoms with van der Waals surface area (Å²) >= 11 is 5.69. The maximum Gasteiger partial charge on any atom is 0.262 e. The van der Waals surface area contributed by atoms with Crippen LogP contribution in [-0.4, -0.2) is 15.0 Å². The Morgan fingerprint density at radius 3 is 2.71 bits per heavy atom. The molecule has 0 aromatic heterocycles. The molecule has 0 radical (unpaired) electrons. The van der Waals surface area contributed by atoms with Crippen LogP contribution < -0.4 is 4.72 Å². The first-order chi connectivity index (χ1) is 11.3. The van der Waals surface area contributed by atoms with Crippen molar-refractivity contribution in [1.82, 2.24) is 0 Å². The zero-order chi connectivity index (χ0) is 17.5. The minimum Gasteiger partial charge on any atom is -0.376 e. The summed E-state index contributed by atoms with van der Waals surface area (Å²) in [4.78, 5) is -0.0850. The third-order valence-corrected chi connectivity index (χ3v) is 5.64. The normalized spacial score (nSPS) is 14.3. The lowest BCUT2D eigenvalue weighted by Crippen LogP contribution is -2.17. The molecule has 2 aromatic carbocycles. The van der Waals surface area contributed by atoms with Gasteiger partial charge in [-0.25, -0.2) is 17.2 Å². The highest BCUT2D eigenvalue weighted by molar-refractivity contribution is 7.92. The fraction of sp³-hybridized carbons (Fsp3) is 0.250. The van der Waals surface area contributed by atoms with Gasteiger partial charge >= 0.3 is 0 Å². The third-order valence-electron chi connectivity index (χ3n) is 3.90. The molecule has 0 amide bonds. The second-order valence-corrected chi connectivity index (χ2v) is 7.58. The molecule has 1 heterocycles. The number of anilines is 1. The first-order valence-electron chi connectivity index (χ1n) is 7.16. The topological polar surface area (TPSA) is 55.4 Å². The smallest absolute Gasteiger partial charge is 0.262 e. The van der Waals surface area contributed by atoms with E-state index in [1.54, 1.807) is 6.07 Å². The van der Waals surface area contributed by atoms with Crippen LogP contribution in [-0.2, 0) is 27.8 Å². The van der Waals surface area contributed by atoms with Crippen LogP contribution in [0, 0.1) is 18.6 Å². The highest BCUT2D eigenvalue weighted by Crippen LogP contribution is 2.30. The number of rotatable bonds is 3. The van der Waals surface area contributed by atoms with Crippen molar-refractivity contribution in [1.29, 1.82) is 0 Å². The van der Waals surface area contributed by atoms with Gasteiger partial charge in [0.05, 0.1) is 18.1 Å². The minimum atomic E-state index is -4.15. The van der Waals surface area contributed by atoms with Crippen molar-refractivity contribution in [2.24, 2.45) is 0 Å². The van der Waals surface area contributed by atoms with E-state index in [-0.39, 0.29) is 15.5 Å². The molecule has 128 valence electrons. The Labute approximate surface area is 143 Å². The molecule has 24 heavy (non-hydrogen) atoms. The SMILES string of the molecule is Cc1c(Cl)cc(F)c(NS(=O)(=O)c2ccc3c(c2)COCC3)c1F. The van der Waals surface area contributed by atoms with E-state index in [9.17, 15) is 17.2 Å². The Bertz CT molecular complexity index is 916. The van der Waals surface area contributed by atoms with Gasteiger partial charge in [0.25, 0.3) is 10.0 Å². The van der Waals surface area contributed by atoms with Gasteiger partial charge in [0.1, 0.15) is 5.69 Å². The summed E-state index contributed by atoms with van der Waals surface area (Å²) in [6.07, 6.45) is 0.697. The molecule has 1 N–H and O–H groups in total. The van der Waals surface area contributed by atoms with Crippen LogP contribution in [0.1, 0.15) is 16.7 Å². The number of sulfonamides is 1. The molecule has 0 spiro atoms. The zero-order valence-corrected chi connectivity index (χ0v) is 14.3. The van der Waals surface area contributed by atoms with Gasteiger partial charge in [-0.1, -0.05) is 17.7 Å². The summed E-state index contributed by atoms with van der Waals surface area (Å²) < 4.78 is 60.3. The predicted molar refractivity (Wildman–Crippen MR) is 86.7 cm³/mol. The lowest BCUT2D eigenvalue weighted by Gasteiger charge is -2.18. The summed E-state index contributed by atoms with van der Waals surface area (Å²) in [5, 5.41) is -0.112. The maximum absolute atomic E-state index is 14.2. The second-order valence-electron chi connectivity index (χ2n) is 5.49. The summed E-state index contributed by atoms with van der Waals surface area (Å²) in [5.41, 5.74) is 0.970. The third kappa shape index (κ3) is 3.11. The molecule has 0 unspecified atom stereocenters. The number of hydrogen-bond acceptors (Lipinski definition) is 3. The number of fused-ring (bicyclic) bond motifs is 1. The van der Waals surface area contributed by atoms with Crippen LogP contribution in [0.2, 0.25) is 5.02 Å². The Morgan fingerprint density at radius 2 is 1.96 bits per heavy atom. The summed E-state index contributed by atoms with van der Waals surface area (Å²) in [5.74, 6) is -2.11. The average Bonchev–Trinajstić information content (AvgIpc) is 2.56. The molecule has 3 rings (SSSR count). The van der Waals surface area contributed by atoms with Gasteiger partial charge < -0.3 is 4.74 Å². The quantitative estimate of drug-likeness (QED) is 0.890. The van der Waals surface area contributed by atoms with Crippen LogP contribution in [0.4, 0.5) is 14.5 Å². The molecule has 8 heteroatoms. The molecule has 2 aromatic rings. The van der Waals surface area contributed by atoms with Crippen LogP contribution in [0.3, 0.4) is 0 Å². The van der Waals surface area contributed by atoms with Crippen molar-refractivity contribution < 1.29 is 21.9 Å². The van der Waals surface area contributed by atoms with Crippen LogP contribution in [0.25, 0.3) is 0 Å². The van der Waals surface area contributed by atoms with Crippen molar-refractivity contribution in [3.63, 3.8) is 0 Å². The first kappa shape index (κ1) is 17.1. The van der Waals surface area contributed by atoms with E-state index >= 15 is 0 Å². The molecule has 0 saturated heterocycles. The van der Waals surface area contributed by atoms with Crippen LogP contribution in [0.15, 0.2) is 29.2 Å². The monoisotopic (exact) mass is 373 g/mol. The molecule has 0 fully saturated rings. The molecular formula is C16H14ClF2NO3S. The Morgan fingerprint density at radius 1 is 1.21 bits per heavy atom. The molecule has 4 nitrogen and oxygen atoms in total. The fourth-order valence-electron chi connectivity index (χ4n) is 2.49. The van der Waals surface area contributed by atoms with Crippen molar-refractivity contribution in [3.8, 4) is 0 Å². The highest BCUT2D eigenvalue weighted by Gasteiger charge is 2.23. The summed E-state index contributed by atoms with van der Waals surface area (Å²) in [6.45, 7) is 2.23. The average molecular weight is 374 g/mol. The van der Waals surface area contributed by atoms with E-state index in [1.807, 2.05) is 4.72 Å². The van der Waals surface area contributed by atoms with Crippen molar-refractivity contribution in [2.75, 3.05) is 11.3 Å². The molecule has 1 aliphatic heterocycles. The Kier molecular flexibility index (Phi) is 4.50. The largest absolute Gasteiger partial charge is 0.376 e. The lowest BCUT2D eigenvalue weighted by molar-refractivity contribution is 0.110. The van der Waals surface area contributed by atoms with Gasteiger partial charge in [-0.05, 0) is 42.7 Å². The number of nitrogens with one attached hydrogen (secondary N) is 1. The second kappa shape index (κ2) is 6.31. The highest BCUT2D eigenvalue weighted by atomic mass is 35.5. The first-order valence-corrected chi connectivity index (χ1v) is 9.02. The number of hydrogen-bond donors (Lipinski definition) is 1. The lowest BCUT2D eigenvalue weighted by atomic mass is 10.0. The van der Waals surface area contributed by atoms with Gasteiger partial charge in [-0.2, -0.15) is 0 Å². The van der Waals surface area contributed by atoms with Gasteiger partial charge in [0.15, 0.2) is 11.6 Å². The van der Waals surface area contributed by atoms with E-state index < -0.39 is 27.3 Å². The molecule has 0 atom stereocenters. The fourth-order valence-corrected chi connectivity index (χ4v) is 3.78. The zero-order valence-electron chi connectivity index (χ0n) is 12.7. The van der Waals surface area contributed by atoms with E-state index in [0.29, 0.717) is 19.6 Å². The molecule has 0 saturated carbocycles. The van der Waals surface area contributed by atoms with Gasteiger partial charge in [-0.15, -0.1) is 0 Å². The van der Waals surface area contributed by atoms with Gasteiger partial charge in [0.2, 0.25) is 0 Å². The van der Waals surface area contributed by atoms with E-state index in [4.69, 9.17) is 16.3 Å². The standard InChI is InChI=1S/C16H14ClF2NO3S/c1-9-13(17)7-14(18)16(15(9)19)20-24(21,22)12-3-2-10-4-5-23-8-11(10)6-12/h2-3,6-7,20H,4-5,8H2,1H3.